The summed E-state index contributed by atoms with van der Waals surface area (Å²) in [7, 11) is 0. The van der Waals surface area contributed by atoms with Crippen LogP contribution in [0, 0.1) is 11.8 Å². The Bertz CT molecular complexity index is 1440. The second-order valence-corrected chi connectivity index (χ2v) is 8.77. The lowest BCUT2D eigenvalue weighted by Crippen LogP contribution is -2.39. The lowest BCUT2D eigenvalue weighted by atomic mass is 10.1. The molecule has 0 aromatic carbocycles. The van der Waals surface area contributed by atoms with Crippen molar-refractivity contribution in [1.82, 2.24) is 35.5 Å². The molecule has 5 N–H and O–H groups in total. The number of halogens is 3. The Balaban J connectivity index is 1.50. The zero-order valence-corrected chi connectivity index (χ0v) is 21.6. The Morgan fingerprint density at radius 3 is 2.67 bits per heavy atom. The number of fused-ring (bicyclic) bond motifs is 1. The number of pyridine rings is 1. The summed E-state index contributed by atoms with van der Waals surface area (Å²) in [5, 5.41) is 12.6. The number of alkyl halides is 3. The van der Waals surface area contributed by atoms with Crippen LogP contribution in [0.25, 0.3) is 16.9 Å². The van der Waals surface area contributed by atoms with Gasteiger partial charge >= 0.3 is 6.18 Å². The molecule has 1 fully saturated rings. The summed E-state index contributed by atoms with van der Waals surface area (Å²) in [6, 6.07) is 2.63. The van der Waals surface area contributed by atoms with Gasteiger partial charge < -0.3 is 31.3 Å². The van der Waals surface area contributed by atoms with Crippen LogP contribution in [0.2, 0.25) is 0 Å². The molecule has 0 saturated carbocycles. The van der Waals surface area contributed by atoms with Crippen molar-refractivity contribution in [2.75, 3.05) is 56.6 Å². The average molecular weight is 560 g/mol. The standard InChI is InChI=1S/C25H28F3N9O3/c1-2-3-21(38)33-14-22(39)31-5-4-30-12-16-10-19-24(36-6-8-40-9-7-36)34-23(35-37(19)15-16)17-13-32-20(29)11-18(17)25(26,27)28/h10-11,13,15,30H,4-9,12,14H2,1H3,(H2,29,32)(H,31,39)(H,33,38). The Morgan fingerprint density at radius 1 is 1.18 bits per heavy atom. The van der Waals surface area contributed by atoms with Crippen LogP contribution in [0.4, 0.5) is 24.8 Å². The second kappa shape index (κ2) is 12.6. The first-order chi connectivity index (χ1) is 19.2. The highest BCUT2D eigenvalue weighted by Crippen LogP contribution is 2.37. The van der Waals surface area contributed by atoms with Gasteiger partial charge in [0, 0.05) is 45.1 Å². The fourth-order valence-electron chi connectivity index (χ4n) is 4.04. The van der Waals surface area contributed by atoms with E-state index in [2.05, 4.69) is 42.9 Å². The van der Waals surface area contributed by atoms with Crippen molar-refractivity contribution in [2.45, 2.75) is 19.6 Å². The Labute approximate surface area is 227 Å². The van der Waals surface area contributed by atoms with Crippen LogP contribution in [-0.2, 0) is 27.0 Å². The van der Waals surface area contributed by atoms with Crippen molar-refractivity contribution >= 4 is 29.0 Å². The normalized spacial score (nSPS) is 13.6. The third kappa shape index (κ3) is 7.16. The van der Waals surface area contributed by atoms with Gasteiger partial charge in [-0.1, -0.05) is 5.92 Å². The molecule has 40 heavy (non-hydrogen) atoms. The fraction of sp³-hybridized carbons (Fsp3) is 0.400. The van der Waals surface area contributed by atoms with Gasteiger partial charge in [0.2, 0.25) is 5.91 Å². The van der Waals surface area contributed by atoms with E-state index >= 15 is 0 Å². The van der Waals surface area contributed by atoms with Gasteiger partial charge in [0.25, 0.3) is 5.91 Å². The molecule has 1 saturated heterocycles. The Hall–Kier alpha value is -4.42. The first kappa shape index (κ1) is 28.6. The lowest BCUT2D eigenvalue weighted by Gasteiger charge is -2.28. The van der Waals surface area contributed by atoms with Crippen molar-refractivity contribution in [1.29, 1.82) is 0 Å². The van der Waals surface area contributed by atoms with Gasteiger partial charge in [-0.3, -0.25) is 9.59 Å². The van der Waals surface area contributed by atoms with E-state index in [1.165, 1.54) is 11.4 Å². The van der Waals surface area contributed by atoms with Gasteiger partial charge in [0.15, 0.2) is 11.6 Å². The molecule has 4 rings (SSSR count). The maximum atomic E-state index is 13.8. The van der Waals surface area contributed by atoms with Crippen molar-refractivity contribution in [3.05, 3.63) is 35.7 Å². The summed E-state index contributed by atoms with van der Waals surface area (Å²) < 4.78 is 48.4. The number of amides is 2. The number of hydrogen-bond donors (Lipinski definition) is 4. The number of nitrogens with zero attached hydrogens (tertiary/aromatic N) is 5. The van der Waals surface area contributed by atoms with Crippen LogP contribution in [0.15, 0.2) is 24.5 Å². The van der Waals surface area contributed by atoms with Crippen LogP contribution >= 0.6 is 0 Å². The monoisotopic (exact) mass is 559 g/mol. The van der Waals surface area contributed by atoms with Gasteiger partial charge in [-0.25, -0.2) is 14.5 Å². The number of carbonyl (C=O) groups excluding carboxylic acids is 2. The number of nitrogens with one attached hydrogen (secondary N) is 3. The molecule has 3 aromatic heterocycles. The van der Waals surface area contributed by atoms with Crippen molar-refractivity contribution in [2.24, 2.45) is 0 Å². The van der Waals surface area contributed by atoms with Crippen LogP contribution in [0.3, 0.4) is 0 Å². The number of ether oxygens (including phenoxy) is 1. The van der Waals surface area contributed by atoms with Gasteiger partial charge in [-0.2, -0.15) is 13.2 Å². The van der Waals surface area contributed by atoms with Crippen molar-refractivity contribution < 1.29 is 27.5 Å². The molecule has 4 heterocycles. The third-order valence-electron chi connectivity index (χ3n) is 5.88. The second-order valence-electron chi connectivity index (χ2n) is 8.77. The quantitative estimate of drug-likeness (QED) is 0.218. The molecular formula is C25H28F3N9O3. The maximum absolute atomic E-state index is 13.8. The molecule has 12 nitrogen and oxygen atoms in total. The third-order valence-corrected chi connectivity index (χ3v) is 5.88. The highest BCUT2D eigenvalue weighted by atomic mass is 19.4. The number of hydrogen-bond acceptors (Lipinski definition) is 9. The maximum Gasteiger partial charge on any atom is 0.417 e. The highest BCUT2D eigenvalue weighted by molar-refractivity contribution is 5.95. The number of anilines is 2. The number of carbonyl (C=O) groups is 2. The fourth-order valence-corrected chi connectivity index (χ4v) is 4.04. The number of rotatable bonds is 9. The zero-order valence-electron chi connectivity index (χ0n) is 21.6. The van der Waals surface area contributed by atoms with E-state index < -0.39 is 17.6 Å². The van der Waals surface area contributed by atoms with E-state index in [0.29, 0.717) is 57.3 Å². The first-order valence-corrected chi connectivity index (χ1v) is 12.4. The van der Waals surface area contributed by atoms with E-state index in [1.54, 1.807) is 6.20 Å². The average Bonchev–Trinajstić information content (AvgIpc) is 3.34. The van der Waals surface area contributed by atoms with E-state index in [-0.39, 0.29) is 29.7 Å². The SMILES string of the molecule is CC#CC(=O)NCC(=O)NCCNCc1cc2c(N3CCOCC3)nc(-c3cnc(N)cc3C(F)(F)F)nn2c1. The minimum atomic E-state index is -4.68. The van der Waals surface area contributed by atoms with Crippen LogP contribution in [-0.4, -0.2) is 77.3 Å². The summed E-state index contributed by atoms with van der Waals surface area (Å²) in [6.45, 7) is 4.44. The lowest BCUT2D eigenvalue weighted by molar-refractivity contribution is -0.137. The molecule has 1 aliphatic heterocycles. The number of nitrogen functional groups attached to an aromatic ring is 1. The molecular weight excluding hydrogens is 531 g/mol. The van der Waals surface area contributed by atoms with Crippen LogP contribution in [0.5, 0.6) is 0 Å². The summed E-state index contributed by atoms with van der Waals surface area (Å²) in [5.41, 5.74) is 5.72. The number of morpholine rings is 1. The van der Waals surface area contributed by atoms with Crippen molar-refractivity contribution in [3.8, 4) is 23.2 Å². The van der Waals surface area contributed by atoms with Crippen LogP contribution in [0.1, 0.15) is 18.1 Å². The van der Waals surface area contributed by atoms with Gasteiger partial charge in [0.05, 0.1) is 30.9 Å². The highest BCUT2D eigenvalue weighted by Gasteiger charge is 2.35. The number of nitrogens with two attached hydrogens (primary N) is 1. The summed E-state index contributed by atoms with van der Waals surface area (Å²) >= 11 is 0. The topological polar surface area (TPSA) is 152 Å². The van der Waals surface area contributed by atoms with E-state index in [9.17, 15) is 22.8 Å². The molecule has 0 radical (unpaired) electrons. The smallest absolute Gasteiger partial charge is 0.384 e. The summed E-state index contributed by atoms with van der Waals surface area (Å²) in [6.07, 6.45) is -1.94. The van der Waals surface area contributed by atoms with Gasteiger partial charge in [-0.15, -0.1) is 5.10 Å². The van der Waals surface area contributed by atoms with E-state index in [0.717, 1.165) is 17.8 Å². The van der Waals surface area contributed by atoms with Gasteiger partial charge in [-0.05, 0) is 30.5 Å². The minimum absolute atomic E-state index is 0.136. The van der Waals surface area contributed by atoms with Crippen LogP contribution < -0.4 is 26.6 Å². The Kier molecular flexibility index (Phi) is 9.02. The molecule has 15 heteroatoms. The minimum Gasteiger partial charge on any atom is -0.384 e. The molecule has 3 aromatic rings. The Morgan fingerprint density at radius 2 is 1.95 bits per heavy atom. The molecule has 0 unspecified atom stereocenters. The molecule has 0 spiro atoms. The molecule has 0 atom stereocenters. The molecule has 0 bridgehead atoms. The molecule has 0 aliphatic carbocycles. The summed E-state index contributed by atoms with van der Waals surface area (Å²) in [5.74, 6) is 3.94. The zero-order chi connectivity index (χ0) is 28.7. The molecule has 1 aliphatic rings. The van der Waals surface area contributed by atoms with Crippen molar-refractivity contribution in [3.63, 3.8) is 0 Å². The number of aromatic nitrogens is 4. The van der Waals surface area contributed by atoms with E-state index in [4.69, 9.17) is 10.5 Å². The summed E-state index contributed by atoms with van der Waals surface area (Å²) in [4.78, 5) is 33.4. The first-order valence-electron chi connectivity index (χ1n) is 12.4. The largest absolute Gasteiger partial charge is 0.417 e. The predicted octanol–water partition coefficient (Wildman–Crippen LogP) is 0.574. The molecule has 2 amide bonds. The van der Waals surface area contributed by atoms with Gasteiger partial charge in [0.1, 0.15) is 11.3 Å². The molecule has 212 valence electrons. The predicted molar refractivity (Wildman–Crippen MR) is 140 cm³/mol. The van der Waals surface area contributed by atoms with E-state index in [1.807, 2.05) is 11.0 Å².